The molecule has 3 aliphatic rings. The molecule has 5 heteroatoms. The highest BCUT2D eigenvalue weighted by molar-refractivity contribution is 6.22. The first-order valence-corrected chi connectivity index (χ1v) is 27.7. The van der Waals surface area contributed by atoms with E-state index in [1.165, 1.54) is 94.0 Å². The third-order valence-corrected chi connectivity index (χ3v) is 18.6. The van der Waals surface area contributed by atoms with Gasteiger partial charge >= 0.3 is 0 Å². The van der Waals surface area contributed by atoms with Crippen molar-refractivity contribution in [1.29, 1.82) is 0 Å². The Hall–Kier alpha value is -9.45. The van der Waals surface area contributed by atoms with Crippen LogP contribution < -0.4 is 4.90 Å². The molecule has 4 heterocycles. The van der Waals surface area contributed by atoms with E-state index in [0.717, 1.165) is 72.4 Å². The molecule has 376 valence electrons. The standard InChI is InChI=1S/C74H53N3O2/c1-72(2)56-39-45(28-31-49(56)63-58(72)41-53(42-34-36-75-37-35-42)70-65(63)51-22-12-16-26-61(51)78-70)76(44-30-33-60-54(38-44)47-20-11-15-25-59(47)77(60)43-18-8-7-9-19-43)46-29-32-50-57(40-46)74(5,6)68-64(50)66-52-23-13-17-27-62(52)79-71(66)67-48-21-10-14-24-55(48)73(3,4)69(67)68/h7-41H,1-6H3. The monoisotopic (exact) mass is 1020 g/mol. The van der Waals surface area contributed by atoms with Crippen LogP contribution in [0.2, 0.25) is 0 Å². The van der Waals surface area contributed by atoms with E-state index in [1.54, 1.807) is 0 Å². The number of fused-ring (bicyclic) bond motifs is 22. The lowest BCUT2D eigenvalue weighted by molar-refractivity contribution is 0.600. The molecule has 10 aromatic carbocycles. The number of hydrogen-bond acceptors (Lipinski definition) is 4. The highest BCUT2D eigenvalue weighted by Gasteiger charge is 2.49. The Labute approximate surface area is 457 Å². The Morgan fingerprint density at radius 2 is 0.911 bits per heavy atom. The number of rotatable bonds is 5. The van der Waals surface area contributed by atoms with E-state index in [2.05, 4.69) is 256 Å². The maximum Gasteiger partial charge on any atom is 0.144 e. The highest BCUT2D eigenvalue weighted by atomic mass is 16.3. The molecule has 5 nitrogen and oxygen atoms in total. The summed E-state index contributed by atoms with van der Waals surface area (Å²) in [6.45, 7) is 14.5. The second kappa shape index (κ2) is 15.4. The van der Waals surface area contributed by atoms with Crippen molar-refractivity contribution in [1.82, 2.24) is 9.55 Å². The molecule has 0 saturated carbocycles. The molecule has 0 fully saturated rings. The van der Waals surface area contributed by atoms with E-state index in [0.29, 0.717) is 0 Å². The molecule has 0 N–H and O–H groups in total. The van der Waals surface area contributed by atoms with Gasteiger partial charge in [0.2, 0.25) is 0 Å². The van der Waals surface area contributed by atoms with Crippen LogP contribution in [0.25, 0.3) is 116 Å². The summed E-state index contributed by atoms with van der Waals surface area (Å²) in [5.41, 5.74) is 27.3. The quantitative estimate of drug-likeness (QED) is 0.172. The van der Waals surface area contributed by atoms with Gasteiger partial charge in [0, 0.05) is 94.8 Å². The van der Waals surface area contributed by atoms with Gasteiger partial charge in [0.1, 0.15) is 22.3 Å². The van der Waals surface area contributed by atoms with Gasteiger partial charge in [-0.1, -0.05) is 151 Å². The van der Waals surface area contributed by atoms with Crippen molar-refractivity contribution in [3.8, 4) is 50.2 Å². The molecule has 14 aromatic rings. The van der Waals surface area contributed by atoms with Crippen LogP contribution in [0.5, 0.6) is 0 Å². The summed E-state index contributed by atoms with van der Waals surface area (Å²) < 4.78 is 16.3. The van der Waals surface area contributed by atoms with Crippen LogP contribution in [-0.2, 0) is 16.2 Å². The molecule has 0 unspecified atom stereocenters. The number of anilines is 3. The van der Waals surface area contributed by atoms with Crippen LogP contribution in [-0.4, -0.2) is 9.55 Å². The van der Waals surface area contributed by atoms with Gasteiger partial charge in [0.05, 0.1) is 11.0 Å². The smallest absolute Gasteiger partial charge is 0.144 e. The third kappa shape index (κ3) is 5.76. The Bertz CT molecular complexity index is 4990. The summed E-state index contributed by atoms with van der Waals surface area (Å²) >= 11 is 0. The first-order valence-electron chi connectivity index (χ1n) is 27.7. The van der Waals surface area contributed by atoms with Crippen molar-refractivity contribution in [3.05, 3.63) is 246 Å². The number of aromatic nitrogens is 2. The largest absolute Gasteiger partial charge is 0.455 e. The Balaban J connectivity index is 0.917. The first-order chi connectivity index (χ1) is 38.5. The van der Waals surface area contributed by atoms with Crippen molar-refractivity contribution in [2.45, 2.75) is 57.8 Å². The van der Waals surface area contributed by atoms with Crippen LogP contribution in [0.4, 0.5) is 17.1 Å². The average Bonchev–Trinajstić information content (AvgIpc) is 3.65. The van der Waals surface area contributed by atoms with Crippen LogP contribution in [0.1, 0.15) is 74.9 Å². The van der Waals surface area contributed by atoms with Gasteiger partial charge in [-0.3, -0.25) is 4.98 Å². The summed E-state index contributed by atoms with van der Waals surface area (Å²) in [6, 6.07) is 73.9. The van der Waals surface area contributed by atoms with Crippen molar-refractivity contribution in [2.75, 3.05) is 4.90 Å². The van der Waals surface area contributed by atoms with E-state index in [-0.39, 0.29) is 16.2 Å². The van der Waals surface area contributed by atoms with Gasteiger partial charge in [-0.25, -0.2) is 0 Å². The van der Waals surface area contributed by atoms with Gasteiger partial charge in [-0.05, 0) is 158 Å². The van der Waals surface area contributed by atoms with E-state index in [1.807, 2.05) is 12.4 Å². The molecule has 3 aliphatic carbocycles. The lowest BCUT2D eigenvalue weighted by Crippen LogP contribution is -2.24. The number of hydrogen-bond donors (Lipinski definition) is 0. The van der Waals surface area contributed by atoms with Gasteiger partial charge in [0.15, 0.2) is 0 Å². The fourth-order valence-electron chi connectivity index (χ4n) is 15.0. The minimum absolute atomic E-state index is 0.256. The summed E-state index contributed by atoms with van der Waals surface area (Å²) in [7, 11) is 0. The summed E-state index contributed by atoms with van der Waals surface area (Å²) in [5.74, 6) is 0. The van der Waals surface area contributed by atoms with E-state index in [9.17, 15) is 0 Å². The van der Waals surface area contributed by atoms with E-state index in [4.69, 9.17) is 8.83 Å². The van der Waals surface area contributed by atoms with Crippen LogP contribution in [0, 0.1) is 0 Å². The molecule has 0 radical (unpaired) electrons. The van der Waals surface area contributed by atoms with Crippen LogP contribution in [0.15, 0.2) is 221 Å². The molecular formula is C74H53N3O2. The molecule has 4 aromatic heterocycles. The number of benzene rings is 10. The molecule has 79 heavy (non-hydrogen) atoms. The Kier molecular flexibility index (Phi) is 8.70. The van der Waals surface area contributed by atoms with E-state index < -0.39 is 0 Å². The topological polar surface area (TPSA) is 47.3 Å². The molecule has 0 aliphatic heterocycles. The zero-order valence-corrected chi connectivity index (χ0v) is 44.9. The van der Waals surface area contributed by atoms with Crippen LogP contribution >= 0.6 is 0 Å². The fraction of sp³-hybridized carbons (Fsp3) is 0.122. The van der Waals surface area contributed by atoms with Gasteiger partial charge in [0.25, 0.3) is 0 Å². The summed E-state index contributed by atoms with van der Waals surface area (Å²) in [4.78, 5) is 6.91. The number of nitrogens with zero attached hydrogens (tertiary/aromatic N) is 3. The lowest BCUT2D eigenvalue weighted by Gasteiger charge is -2.32. The van der Waals surface area contributed by atoms with E-state index >= 15 is 0 Å². The first kappa shape index (κ1) is 44.7. The number of furan rings is 2. The Morgan fingerprint density at radius 3 is 1.65 bits per heavy atom. The molecule has 0 amide bonds. The fourth-order valence-corrected chi connectivity index (χ4v) is 15.0. The van der Waals surface area contributed by atoms with Crippen LogP contribution in [0.3, 0.4) is 0 Å². The zero-order chi connectivity index (χ0) is 52.8. The van der Waals surface area contributed by atoms with Crippen molar-refractivity contribution < 1.29 is 8.83 Å². The van der Waals surface area contributed by atoms with Gasteiger partial charge in [-0.15, -0.1) is 0 Å². The van der Waals surface area contributed by atoms with Crippen molar-refractivity contribution in [2.24, 2.45) is 0 Å². The third-order valence-electron chi connectivity index (χ3n) is 18.6. The molecule has 17 rings (SSSR count). The van der Waals surface area contributed by atoms with Gasteiger partial charge in [-0.2, -0.15) is 0 Å². The Morgan fingerprint density at radius 1 is 0.380 bits per heavy atom. The number of para-hydroxylation sites is 4. The maximum atomic E-state index is 7.06. The SMILES string of the molecule is CC1(C)c2cc(N(c3ccc4c(c3)C(C)(C)c3c5c(c6oc7ccccc7c6c3-4)-c3ccccc3C5(C)C)c3ccc4c(c3)c3ccccc3n4-c3ccccc3)ccc2-c2c1cc(-c1ccncc1)c1oc3ccccc3c21. The highest BCUT2D eigenvalue weighted by Crippen LogP contribution is 2.64. The lowest BCUT2D eigenvalue weighted by atomic mass is 9.72. The predicted molar refractivity (Wildman–Crippen MR) is 326 cm³/mol. The minimum Gasteiger partial charge on any atom is -0.455 e. The second-order valence-electron chi connectivity index (χ2n) is 23.8. The molecule has 0 spiro atoms. The number of pyridine rings is 1. The summed E-state index contributed by atoms with van der Waals surface area (Å²) in [5, 5.41) is 7.08. The molecule has 0 atom stereocenters. The molecule has 0 saturated heterocycles. The summed E-state index contributed by atoms with van der Waals surface area (Å²) in [6.07, 6.45) is 3.75. The van der Waals surface area contributed by atoms with Crippen molar-refractivity contribution in [3.63, 3.8) is 0 Å². The van der Waals surface area contributed by atoms with Crippen molar-refractivity contribution >= 4 is 82.7 Å². The van der Waals surface area contributed by atoms with Gasteiger partial charge < -0.3 is 18.3 Å². The minimum atomic E-state index is -0.373. The average molecular weight is 1020 g/mol. The molecule has 0 bridgehead atoms. The zero-order valence-electron chi connectivity index (χ0n) is 44.9. The normalized spacial score (nSPS) is 15.0. The molecular weight excluding hydrogens is 963 g/mol. The predicted octanol–water partition coefficient (Wildman–Crippen LogP) is 20.0. The second-order valence-corrected chi connectivity index (χ2v) is 23.8. The maximum absolute atomic E-state index is 7.06.